The molecule has 1 aromatic rings. The normalized spacial score (nSPS) is 25.0. The summed E-state index contributed by atoms with van der Waals surface area (Å²) in [5, 5.41) is 4.29. The van der Waals surface area contributed by atoms with Gasteiger partial charge in [-0.25, -0.2) is 0 Å². The lowest BCUT2D eigenvalue weighted by atomic mass is 10.1. The lowest BCUT2D eigenvalue weighted by molar-refractivity contribution is -0.122. The molecule has 1 aromatic carbocycles. The molecule has 1 saturated carbocycles. The van der Waals surface area contributed by atoms with Crippen LogP contribution in [0.25, 0.3) is 0 Å². The Bertz CT molecular complexity index is 527. The molecule has 0 aromatic heterocycles. The first-order valence-corrected chi connectivity index (χ1v) is 8.43. The van der Waals surface area contributed by atoms with E-state index in [4.69, 9.17) is 27.9 Å². The van der Waals surface area contributed by atoms with E-state index in [0.717, 1.165) is 44.8 Å². The zero-order chi connectivity index (χ0) is 15.5. The van der Waals surface area contributed by atoms with Crippen molar-refractivity contribution >= 4 is 29.1 Å². The van der Waals surface area contributed by atoms with Crippen LogP contribution in [0.3, 0.4) is 0 Å². The first kappa shape index (κ1) is 16.1. The molecule has 120 valence electrons. The second-order valence-corrected chi connectivity index (χ2v) is 6.77. The summed E-state index contributed by atoms with van der Waals surface area (Å²) < 4.78 is 5.31. The van der Waals surface area contributed by atoms with Crippen molar-refractivity contribution < 1.29 is 9.53 Å². The van der Waals surface area contributed by atoms with Gasteiger partial charge in [-0.1, -0.05) is 23.2 Å². The van der Waals surface area contributed by atoms with Crippen LogP contribution in [0.1, 0.15) is 17.9 Å². The first-order chi connectivity index (χ1) is 10.6. The van der Waals surface area contributed by atoms with Gasteiger partial charge in [-0.3, -0.25) is 9.69 Å². The number of amides is 1. The van der Waals surface area contributed by atoms with Crippen molar-refractivity contribution in [1.29, 1.82) is 0 Å². The molecular formula is C16H20Cl2N2O2. The van der Waals surface area contributed by atoms with E-state index in [2.05, 4.69) is 10.2 Å². The molecule has 0 spiro atoms. The molecule has 1 N–H and O–H groups in total. The Hall–Kier alpha value is -0.810. The number of halogens is 2. The van der Waals surface area contributed by atoms with Crippen LogP contribution in [0.15, 0.2) is 18.2 Å². The van der Waals surface area contributed by atoms with Crippen LogP contribution >= 0.6 is 23.2 Å². The topological polar surface area (TPSA) is 41.6 Å². The van der Waals surface area contributed by atoms with E-state index in [-0.39, 0.29) is 17.7 Å². The Kier molecular flexibility index (Phi) is 5.24. The molecule has 22 heavy (non-hydrogen) atoms. The maximum atomic E-state index is 12.2. The Balaban J connectivity index is 1.44. The number of nitrogens with one attached hydrogen (secondary N) is 1. The van der Waals surface area contributed by atoms with Gasteiger partial charge in [0.15, 0.2) is 0 Å². The fourth-order valence-electron chi connectivity index (χ4n) is 2.94. The third-order valence-corrected chi connectivity index (χ3v) is 4.71. The molecule has 2 fully saturated rings. The summed E-state index contributed by atoms with van der Waals surface area (Å²) in [6.45, 7) is 5.04. The molecule has 0 radical (unpaired) electrons. The van der Waals surface area contributed by atoms with Gasteiger partial charge in [-0.05, 0) is 36.1 Å². The fourth-order valence-corrected chi connectivity index (χ4v) is 3.48. The molecule has 3 rings (SSSR count). The molecular weight excluding hydrogens is 323 g/mol. The van der Waals surface area contributed by atoms with Crippen LogP contribution in [0.2, 0.25) is 10.0 Å². The summed E-state index contributed by atoms with van der Waals surface area (Å²) in [5.74, 6) is 0.438. The maximum Gasteiger partial charge on any atom is 0.223 e. The van der Waals surface area contributed by atoms with E-state index < -0.39 is 0 Å². The number of morpholine rings is 1. The summed E-state index contributed by atoms with van der Waals surface area (Å²) in [7, 11) is 0. The standard InChI is InChI=1S/C16H20Cl2N2O2/c17-12-7-11(8-13(18)9-12)14-10-15(14)16(21)19-1-2-20-3-5-22-6-4-20/h7-9,14-15H,1-6,10H2,(H,19,21)/t14-,15+/m1/s1. The number of hydrogen-bond acceptors (Lipinski definition) is 3. The summed E-state index contributed by atoms with van der Waals surface area (Å²) in [6, 6.07) is 5.52. The van der Waals surface area contributed by atoms with Crippen molar-refractivity contribution in [3.8, 4) is 0 Å². The third kappa shape index (κ3) is 4.13. The van der Waals surface area contributed by atoms with Gasteiger partial charge in [0.25, 0.3) is 0 Å². The van der Waals surface area contributed by atoms with Crippen molar-refractivity contribution in [3.05, 3.63) is 33.8 Å². The molecule has 1 heterocycles. The summed E-state index contributed by atoms with van der Waals surface area (Å²) >= 11 is 12.0. The third-order valence-electron chi connectivity index (χ3n) is 4.27. The molecule has 0 bridgehead atoms. The van der Waals surface area contributed by atoms with Crippen molar-refractivity contribution in [3.63, 3.8) is 0 Å². The Morgan fingerprint density at radius 1 is 1.23 bits per heavy atom. The van der Waals surface area contributed by atoms with E-state index in [1.54, 1.807) is 6.07 Å². The quantitative estimate of drug-likeness (QED) is 0.893. The van der Waals surface area contributed by atoms with Crippen LogP contribution in [0, 0.1) is 5.92 Å². The SMILES string of the molecule is O=C(NCCN1CCOCC1)[C@H]1C[C@@H]1c1cc(Cl)cc(Cl)c1. The van der Waals surface area contributed by atoms with Crippen LogP contribution < -0.4 is 5.32 Å². The second kappa shape index (κ2) is 7.18. The van der Waals surface area contributed by atoms with Gasteiger partial charge in [0.05, 0.1) is 13.2 Å². The van der Waals surface area contributed by atoms with Crippen LogP contribution in [0.5, 0.6) is 0 Å². The smallest absolute Gasteiger partial charge is 0.223 e. The molecule has 1 aliphatic carbocycles. The van der Waals surface area contributed by atoms with Gasteiger partial charge >= 0.3 is 0 Å². The van der Waals surface area contributed by atoms with Gasteiger partial charge in [-0.2, -0.15) is 0 Å². The number of benzene rings is 1. The number of nitrogens with zero attached hydrogens (tertiary/aromatic N) is 1. The minimum Gasteiger partial charge on any atom is -0.379 e. The molecule has 0 unspecified atom stereocenters. The molecule has 6 heteroatoms. The average Bonchev–Trinajstić information content (AvgIpc) is 3.28. The summed E-state index contributed by atoms with van der Waals surface area (Å²) in [5.41, 5.74) is 1.06. The van der Waals surface area contributed by atoms with Crippen LogP contribution in [-0.4, -0.2) is 50.2 Å². The van der Waals surface area contributed by atoms with Gasteiger partial charge in [0.1, 0.15) is 0 Å². The fraction of sp³-hybridized carbons (Fsp3) is 0.562. The van der Waals surface area contributed by atoms with Crippen molar-refractivity contribution in [1.82, 2.24) is 10.2 Å². The van der Waals surface area contributed by atoms with Crippen LogP contribution in [0.4, 0.5) is 0 Å². The molecule has 1 amide bonds. The van der Waals surface area contributed by atoms with Crippen molar-refractivity contribution in [2.45, 2.75) is 12.3 Å². The minimum atomic E-state index is 0.0548. The number of carbonyl (C=O) groups is 1. The summed E-state index contributed by atoms with van der Waals surface area (Å²) in [4.78, 5) is 14.5. The molecule has 2 atom stereocenters. The average molecular weight is 343 g/mol. The number of hydrogen-bond donors (Lipinski definition) is 1. The number of carbonyl (C=O) groups excluding carboxylic acids is 1. The second-order valence-electron chi connectivity index (χ2n) is 5.90. The predicted molar refractivity (Wildman–Crippen MR) is 87.6 cm³/mol. The van der Waals surface area contributed by atoms with Crippen molar-refractivity contribution in [2.75, 3.05) is 39.4 Å². The monoisotopic (exact) mass is 342 g/mol. The zero-order valence-electron chi connectivity index (χ0n) is 12.4. The van der Waals surface area contributed by atoms with E-state index in [1.165, 1.54) is 0 Å². The van der Waals surface area contributed by atoms with Gasteiger partial charge in [0, 0.05) is 42.1 Å². The first-order valence-electron chi connectivity index (χ1n) is 7.67. The number of ether oxygens (including phenoxy) is 1. The Labute approximate surface area is 140 Å². The largest absolute Gasteiger partial charge is 0.379 e. The molecule has 4 nitrogen and oxygen atoms in total. The minimum absolute atomic E-state index is 0.0548. The molecule has 1 saturated heterocycles. The van der Waals surface area contributed by atoms with Gasteiger partial charge < -0.3 is 10.1 Å². The highest BCUT2D eigenvalue weighted by molar-refractivity contribution is 6.34. The van der Waals surface area contributed by atoms with Gasteiger partial charge in [-0.15, -0.1) is 0 Å². The highest BCUT2D eigenvalue weighted by atomic mass is 35.5. The van der Waals surface area contributed by atoms with Crippen molar-refractivity contribution in [2.24, 2.45) is 5.92 Å². The predicted octanol–water partition coefficient (Wildman–Crippen LogP) is 2.55. The number of rotatable bonds is 5. The lowest BCUT2D eigenvalue weighted by Gasteiger charge is -2.26. The van der Waals surface area contributed by atoms with Crippen LogP contribution in [-0.2, 0) is 9.53 Å². The molecule has 2 aliphatic rings. The Morgan fingerprint density at radius 3 is 2.59 bits per heavy atom. The van der Waals surface area contributed by atoms with E-state index in [1.807, 2.05) is 12.1 Å². The summed E-state index contributed by atoms with van der Waals surface area (Å²) in [6.07, 6.45) is 0.875. The lowest BCUT2D eigenvalue weighted by Crippen LogP contribution is -2.41. The zero-order valence-corrected chi connectivity index (χ0v) is 13.9. The van der Waals surface area contributed by atoms with E-state index in [9.17, 15) is 4.79 Å². The van der Waals surface area contributed by atoms with E-state index >= 15 is 0 Å². The Morgan fingerprint density at radius 2 is 1.91 bits per heavy atom. The van der Waals surface area contributed by atoms with Gasteiger partial charge in [0.2, 0.25) is 5.91 Å². The molecule has 1 aliphatic heterocycles. The highest BCUT2D eigenvalue weighted by Crippen LogP contribution is 2.48. The highest BCUT2D eigenvalue weighted by Gasteiger charge is 2.43. The van der Waals surface area contributed by atoms with E-state index in [0.29, 0.717) is 16.6 Å². The maximum absolute atomic E-state index is 12.2.